The van der Waals surface area contributed by atoms with Crippen LogP contribution in [0.15, 0.2) is 40.2 Å². The van der Waals surface area contributed by atoms with Gasteiger partial charge in [-0.3, -0.25) is 14.5 Å². The third-order valence-corrected chi connectivity index (χ3v) is 4.88. The van der Waals surface area contributed by atoms with E-state index in [1.807, 2.05) is 13.0 Å². The molecule has 0 radical (unpaired) electrons. The molecule has 0 spiro atoms. The van der Waals surface area contributed by atoms with Gasteiger partial charge in [0.25, 0.3) is 0 Å². The lowest BCUT2D eigenvalue weighted by molar-refractivity contribution is -0.117. The summed E-state index contributed by atoms with van der Waals surface area (Å²) in [6.45, 7) is 3.85. The predicted molar refractivity (Wildman–Crippen MR) is 96.6 cm³/mol. The predicted octanol–water partition coefficient (Wildman–Crippen LogP) is 3.07. The van der Waals surface area contributed by atoms with Gasteiger partial charge in [-0.05, 0) is 58.9 Å². The average Bonchev–Trinajstić information content (AvgIpc) is 2.92. The number of thiophene rings is 1. The number of primary amides is 1. The molecule has 0 aliphatic rings. The molecule has 0 aliphatic heterocycles. The van der Waals surface area contributed by atoms with Gasteiger partial charge in [0, 0.05) is 22.7 Å². The van der Waals surface area contributed by atoms with Crippen molar-refractivity contribution in [2.24, 2.45) is 5.73 Å². The molecule has 1 heterocycles. The molecular formula is C16H18BrN3O2S. The van der Waals surface area contributed by atoms with E-state index in [4.69, 9.17) is 5.73 Å². The molecule has 0 fully saturated rings. The number of nitrogens with zero attached hydrogens (tertiary/aromatic N) is 1. The van der Waals surface area contributed by atoms with Crippen LogP contribution in [0.25, 0.3) is 0 Å². The minimum atomic E-state index is -0.484. The Kier molecular flexibility index (Phi) is 6.32. The Bertz CT molecular complexity index is 685. The van der Waals surface area contributed by atoms with Crippen molar-refractivity contribution in [3.8, 4) is 0 Å². The minimum absolute atomic E-state index is 0.0886. The number of benzene rings is 1. The third kappa shape index (κ3) is 5.46. The van der Waals surface area contributed by atoms with Gasteiger partial charge in [-0.2, -0.15) is 0 Å². The molecule has 122 valence electrons. The number of likely N-dealkylation sites (N-methyl/N-ethyl adjacent to an activating group) is 1. The number of nitrogens with one attached hydrogen (secondary N) is 1. The molecular weight excluding hydrogens is 378 g/mol. The normalized spacial score (nSPS) is 10.7. The smallest absolute Gasteiger partial charge is 0.248 e. The van der Waals surface area contributed by atoms with Crippen LogP contribution in [0, 0.1) is 0 Å². The van der Waals surface area contributed by atoms with Gasteiger partial charge < -0.3 is 11.1 Å². The number of carbonyl (C=O) groups excluding carboxylic acids is 2. The summed E-state index contributed by atoms with van der Waals surface area (Å²) in [6.07, 6.45) is 0. The summed E-state index contributed by atoms with van der Waals surface area (Å²) in [4.78, 5) is 26.4. The van der Waals surface area contributed by atoms with E-state index in [0.717, 1.165) is 16.9 Å². The number of rotatable bonds is 7. The van der Waals surface area contributed by atoms with E-state index in [-0.39, 0.29) is 5.91 Å². The van der Waals surface area contributed by atoms with Gasteiger partial charge in [-0.1, -0.05) is 6.92 Å². The summed E-state index contributed by atoms with van der Waals surface area (Å²) in [5.74, 6) is -0.573. The molecule has 2 aromatic rings. The molecule has 1 aromatic heterocycles. The van der Waals surface area contributed by atoms with Crippen molar-refractivity contribution < 1.29 is 9.59 Å². The fourth-order valence-corrected chi connectivity index (χ4v) is 3.58. The van der Waals surface area contributed by atoms with E-state index in [1.165, 1.54) is 4.88 Å². The van der Waals surface area contributed by atoms with E-state index < -0.39 is 5.91 Å². The van der Waals surface area contributed by atoms with E-state index in [2.05, 4.69) is 32.2 Å². The van der Waals surface area contributed by atoms with Gasteiger partial charge in [0.2, 0.25) is 11.8 Å². The second-order valence-electron chi connectivity index (χ2n) is 5.00. The molecule has 2 amide bonds. The van der Waals surface area contributed by atoms with Crippen molar-refractivity contribution in [3.63, 3.8) is 0 Å². The van der Waals surface area contributed by atoms with Crippen molar-refractivity contribution in [3.05, 3.63) is 50.6 Å². The molecule has 5 nitrogen and oxygen atoms in total. The van der Waals surface area contributed by atoms with Crippen LogP contribution in [0.5, 0.6) is 0 Å². The van der Waals surface area contributed by atoms with Crippen LogP contribution < -0.4 is 11.1 Å². The molecule has 0 aliphatic carbocycles. The summed E-state index contributed by atoms with van der Waals surface area (Å²) in [5.41, 5.74) is 6.25. The summed E-state index contributed by atoms with van der Waals surface area (Å²) in [5, 5.41) is 2.83. The molecule has 0 atom stereocenters. The van der Waals surface area contributed by atoms with Crippen molar-refractivity contribution >= 4 is 44.8 Å². The maximum Gasteiger partial charge on any atom is 0.248 e. The lowest BCUT2D eigenvalue weighted by atomic mass is 10.2. The number of hydrogen-bond acceptors (Lipinski definition) is 4. The molecule has 7 heteroatoms. The van der Waals surface area contributed by atoms with Crippen LogP contribution in [-0.4, -0.2) is 29.8 Å². The molecule has 0 bridgehead atoms. The quantitative estimate of drug-likeness (QED) is 0.756. The van der Waals surface area contributed by atoms with Gasteiger partial charge in [-0.25, -0.2) is 0 Å². The van der Waals surface area contributed by atoms with Gasteiger partial charge in [0.1, 0.15) is 0 Å². The maximum absolute atomic E-state index is 12.1. The highest BCUT2D eigenvalue weighted by Crippen LogP contribution is 2.23. The standard InChI is InChI=1S/C16H18BrN3O2S/c1-2-20(9-13-7-8-14(17)23-13)10-15(21)19-12-5-3-11(4-6-12)16(18)22/h3-8H,2,9-10H2,1H3,(H2,18,22)(H,19,21). The maximum atomic E-state index is 12.1. The first-order valence-electron chi connectivity index (χ1n) is 7.14. The molecule has 0 saturated carbocycles. The van der Waals surface area contributed by atoms with Crippen molar-refractivity contribution in [1.29, 1.82) is 0 Å². The van der Waals surface area contributed by atoms with Crippen LogP contribution in [0.2, 0.25) is 0 Å². The molecule has 0 saturated heterocycles. The zero-order valence-electron chi connectivity index (χ0n) is 12.7. The Morgan fingerprint density at radius 2 is 1.91 bits per heavy atom. The third-order valence-electron chi connectivity index (χ3n) is 3.28. The van der Waals surface area contributed by atoms with Gasteiger partial charge in [-0.15, -0.1) is 11.3 Å². The fourth-order valence-electron chi connectivity index (χ4n) is 2.06. The van der Waals surface area contributed by atoms with Gasteiger partial charge in [0.15, 0.2) is 0 Å². The highest BCUT2D eigenvalue weighted by atomic mass is 79.9. The first-order chi connectivity index (χ1) is 11.0. The van der Waals surface area contributed by atoms with Crippen LogP contribution in [0.4, 0.5) is 5.69 Å². The molecule has 1 aromatic carbocycles. The zero-order valence-corrected chi connectivity index (χ0v) is 15.1. The Morgan fingerprint density at radius 3 is 2.43 bits per heavy atom. The fraction of sp³-hybridized carbons (Fsp3) is 0.250. The van der Waals surface area contributed by atoms with Gasteiger partial charge >= 0.3 is 0 Å². The second kappa shape index (κ2) is 8.24. The number of amides is 2. The molecule has 3 N–H and O–H groups in total. The first kappa shape index (κ1) is 17.7. The largest absolute Gasteiger partial charge is 0.366 e. The number of carbonyl (C=O) groups is 2. The van der Waals surface area contributed by atoms with E-state index in [9.17, 15) is 9.59 Å². The van der Waals surface area contributed by atoms with Crippen LogP contribution in [0.3, 0.4) is 0 Å². The highest BCUT2D eigenvalue weighted by Gasteiger charge is 2.11. The SMILES string of the molecule is CCN(CC(=O)Nc1ccc(C(N)=O)cc1)Cc1ccc(Br)s1. The summed E-state index contributed by atoms with van der Waals surface area (Å²) >= 11 is 5.11. The number of anilines is 1. The van der Waals surface area contributed by atoms with E-state index in [0.29, 0.717) is 17.8 Å². The molecule has 0 unspecified atom stereocenters. The minimum Gasteiger partial charge on any atom is -0.366 e. The number of hydrogen-bond donors (Lipinski definition) is 2. The first-order valence-corrected chi connectivity index (χ1v) is 8.75. The monoisotopic (exact) mass is 395 g/mol. The lowest BCUT2D eigenvalue weighted by Crippen LogP contribution is -2.32. The zero-order chi connectivity index (χ0) is 16.8. The van der Waals surface area contributed by atoms with Crippen molar-refractivity contribution in [2.45, 2.75) is 13.5 Å². The molecule has 2 rings (SSSR count). The highest BCUT2D eigenvalue weighted by molar-refractivity contribution is 9.11. The second-order valence-corrected chi connectivity index (χ2v) is 7.55. The Hall–Kier alpha value is -1.70. The summed E-state index contributed by atoms with van der Waals surface area (Å²) < 4.78 is 1.09. The molecule has 23 heavy (non-hydrogen) atoms. The topological polar surface area (TPSA) is 75.4 Å². The Morgan fingerprint density at radius 1 is 1.22 bits per heavy atom. The summed E-state index contributed by atoms with van der Waals surface area (Å²) in [7, 11) is 0. The van der Waals surface area contributed by atoms with Crippen molar-refractivity contribution in [1.82, 2.24) is 4.90 Å². The Labute approximate surface area is 147 Å². The van der Waals surface area contributed by atoms with E-state index in [1.54, 1.807) is 35.6 Å². The number of nitrogens with two attached hydrogens (primary N) is 1. The van der Waals surface area contributed by atoms with Crippen LogP contribution >= 0.6 is 27.3 Å². The number of halogens is 1. The van der Waals surface area contributed by atoms with E-state index >= 15 is 0 Å². The average molecular weight is 396 g/mol. The van der Waals surface area contributed by atoms with Crippen LogP contribution in [0.1, 0.15) is 22.2 Å². The van der Waals surface area contributed by atoms with Crippen LogP contribution in [-0.2, 0) is 11.3 Å². The summed E-state index contributed by atoms with van der Waals surface area (Å²) in [6, 6.07) is 10.6. The van der Waals surface area contributed by atoms with Crippen molar-refractivity contribution in [2.75, 3.05) is 18.4 Å². The lowest BCUT2D eigenvalue weighted by Gasteiger charge is -2.19. The van der Waals surface area contributed by atoms with Gasteiger partial charge in [0.05, 0.1) is 10.3 Å². The Balaban J connectivity index is 1.90.